The largest absolute Gasteiger partial charge is 0.395 e. The zero-order chi connectivity index (χ0) is 14.0. The molecule has 1 fully saturated rings. The molecule has 0 radical (unpaired) electrons. The van der Waals surface area contributed by atoms with Gasteiger partial charge >= 0.3 is 0 Å². The fourth-order valence-corrected chi connectivity index (χ4v) is 2.55. The molecule has 1 saturated heterocycles. The first-order chi connectivity index (χ1) is 9.04. The Morgan fingerprint density at radius 1 is 1.26 bits per heavy atom. The minimum absolute atomic E-state index is 0.227. The van der Waals surface area contributed by atoms with Crippen molar-refractivity contribution in [3.05, 3.63) is 5.69 Å². The summed E-state index contributed by atoms with van der Waals surface area (Å²) in [5.74, 6) is 1.05. The quantitative estimate of drug-likeness (QED) is 0.830. The number of aromatic nitrogens is 2. The van der Waals surface area contributed by atoms with E-state index in [1.165, 1.54) is 0 Å². The van der Waals surface area contributed by atoms with Gasteiger partial charge in [-0.25, -0.2) is 4.68 Å². The van der Waals surface area contributed by atoms with Crippen molar-refractivity contribution in [1.82, 2.24) is 14.7 Å². The van der Waals surface area contributed by atoms with E-state index in [9.17, 15) is 0 Å². The van der Waals surface area contributed by atoms with Gasteiger partial charge in [0.1, 0.15) is 0 Å². The number of aliphatic hydroxyl groups is 1. The SMILES string of the molecule is Cc1nn(C(C)C)c(N2CCN(CCO)CC2)c1N. The molecule has 3 N–H and O–H groups in total. The van der Waals surface area contributed by atoms with Crippen LogP contribution < -0.4 is 10.6 Å². The maximum atomic E-state index is 8.98. The van der Waals surface area contributed by atoms with Gasteiger partial charge in [0.15, 0.2) is 5.82 Å². The Labute approximate surface area is 114 Å². The predicted molar refractivity (Wildman–Crippen MR) is 77.5 cm³/mol. The summed E-state index contributed by atoms with van der Waals surface area (Å²) in [6.45, 7) is 11.0. The fourth-order valence-electron chi connectivity index (χ4n) is 2.55. The lowest BCUT2D eigenvalue weighted by Gasteiger charge is -2.36. The van der Waals surface area contributed by atoms with E-state index in [1.54, 1.807) is 0 Å². The number of β-amino-alcohol motifs (C(OH)–C–C–N with tert-alkyl or cyclic N) is 1. The summed E-state index contributed by atoms with van der Waals surface area (Å²) in [6, 6.07) is 0.307. The number of nitrogens with two attached hydrogens (primary N) is 1. The molecule has 6 nitrogen and oxygen atoms in total. The first-order valence-corrected chi connectivity index (χ1v) is 6.97. The van der Waals surface area contributed by atoms with Gasteiger partial charge in [-0.15, -0.1) is 0 Å². The molecular formula is C13H25N5O. The molecule has 0 amide bonds. The minimum atomic E-state index is 0.227. The molecule has 0 aliphatic carbocycles. The van der Waals surface area contributed by atoms with Crippen molar-refractivity contribution >= 4 is 11.5 Å². The van der Waals surface area contributed by atoms with Gasteiger partial charge in [-0.2, -0.15) is 5.10 Å². The molecule has 0 spiro atoms. The third-order valence-corrected chi connectivity index (χ3v) is 3.68. The normalized spacial score (nSPS) is 17.4. The van der Waals surface area contributed by atoms with Gasteiger partial charge in [0.25, 0.3) is 0 Å². The van der Waals surface area contributed by atoms with E-state index >= 15 is 0 Å². The van der Waals surface area contributed by atoms with E-state index in [0.717, 1.165) is 49.9 Å². The van der Waals surface area contributed by atoms with Gasteiger partial charge in [-0.05, 0) is 20.8 Å². The van der Waals surface area contributed by atoms with Crippen molar-refractivity contribution in [3.8, 4) is 0 Å². The summed E-state index contributed by atoms with van der Waals surface area (Å²) < 4.78 is 2.02. The molecule has 108 valence electrons. The maximum Gasteiger partial charge on any atom is 0.151 e. The van der Waals surface area contributed by atoms with E-state index in [1.807, 2.05) is 11.6 Å². The Morgan fingerprint density at radius 2 is 1.89 bits per heavy atom. The van der Waals surface area contributed by atoms with Crippen LogP contribution in [-0.2, 0) is 0 Å². The number of nitrogen functional groups attached to an aromatic ring is 1. The third-order valence-electron chi connectivity index (χ3n) is 3.68. The average molecular weight is 267 g/mol. The molecule has 0 unspecified atom stereocenters. The molecule has 0 saturated carbocycles. The first kappa shape index (κ1) is 14.1. The van der Waals surface area contributed by atoms with Crippen LogP contribution in [0.25, 0.3) is 0 Å². The van der Waals surface area contributed by atoms with Crippen LogP contribution in [-0.4, -0.2) is 59.1 Å². The topological polar surface area (TPSA) is 70.5 Å². The van der Waals surface area contributed by atoms with E-state index in [-0.39, 0.29) is 6.61 Å². The number of nitrogens with zero attached hydrogens (tertiary/aromatic N) is 4. The van der Waals surface area contributed by atoms with Crippen molar-refractivity contribution in [3.63, 3.8) is 0 Å². The molecule has 2 heterocycles. The van der Waals surface area contributed by atoms with E-state index in [0.29, 0.717) is 6.04 Å². The van der Waals surface area contributed by atoms with Crippen molar-refractivity contribution in [2.75, 3.05) is 50.0 Å². The summed E-state index contributed by atoms with van der Waals surface area (Å²) >= 11 is 0. The fraction of sp³-hybridized carbons (Fsp3) is 0.769. The van der Waals surface area contributed by atoms with Crippen molar-refractivity contribution < 1.29 is 5.11 Å². The number of rotatable bonds is 4. The molecule has 1 aromatic rings. The van der Waals surface area contributed by atoms with Gasteiger partial charge in [-0.1, -0.05) is 0 Å². The molecule has 0 atom stereocenters. The van der Waals surface area contributed by atoms with Crippen LogP contribution in [0, 0.1) is 6.92 Å². The second kappa shape index (κ2) is 5.79. The number of anilines is 2. The molecule has 19 heavy (non-hydrogen) atoms. The van der Waals surface area contributed by atoms with Crippen LogP contribution >= 0.6 is 0 Å². The summed E-state index contributed by atoms with van der Waals surface area (Å²) in [6.07, 6.45) is 0. The second-order valence-corrected chi connectivity index (χ2v) is 5.41. The number of hydrogen-bond acceptors (Lipinski definition) is 5. The molecule has 0 bridgehead atoms. The number of aryl methyl sites for hydroxylation is 1. The Morgan fingerprint density at radius 3 is 2.42 bits per heavy atom. The van der Waals surface area contributed by atoms with Crippen molar-refractivity contribution in [1.29, 1.82) is 0 Å². The summed E-state index contributed by atoms with van der Waals surface area (Å²) in [5.41, 5.74) is 7.89. The average Bonchev–Trinajstić information content (AvgIpc) is 2.68. The molecular weight excluding hydrogens is 242 g/mol. The first-order valence-electron chi connectivity index (χ1n) is 6.97. The monoisotopic (exact) mass is 267 g/mol. The highest BCUT2D eigenvalue weighted by atomic mass is 16.3. The van der Waals surface area contributed by atoms with Crippen LogP contribution in [0.2, 0.25) is 0 Å². The summed E-state index contributed by atoms with van der Waals surface area (Å²) in [5, 5.41) is 13.5. The lowest BCUT2D eigenvalue weighted by atomic mass is 10.2. The number of aliphatic hydroxyl groups excluding tert-OH is 1. The van der Waals surface area contributed by atoms with Gasteiger partial charge in [0.2, 0.25) is 0 Å². The molecule has 1 aliphatic heterocycles. The second-order valence-electron chi connectivity index (χ2n) is 5.41. The molecule has 2 rings (SSSR count). The van der Waals surface area contributed by atoms with E-state index < -0.39 is 0 Å². The lowest BCUT2D eigenvalue weighted by Crippen LogP contribution is -2.48. The van der Waals surface area contributed by atoms with E-state index in [2.05, 4.69) is 28.7 Å². The van der Waals surface area contributed by atoms with Gasteiger partial charge in [0, 0.05) is 38.8 Å². The predicted octanol–water partition coefficient (Wildman–Crippen LogP) is 0.469. The number of piperazine rings is 1. The zero-order valence-electron chi connectivity index (χ0n) is 12.1. The minimum Gasteiger partial charge on any atom is -0.395 e. The molecule has 0 aromatic carbocycles. The molecule has 1 aliphatic rings. The number of hydrogen-bond donors (Lipinski definition) is 2. The van der Waals surface area contributed by atoms with Crippen LogP contribution in [0.5, 0.6) is 0 Å². The van der Waals surface area contributed by atoms with Crippen LogP contribution in [0.3, 0.4) is 0 Å². The van der Waals surface area contributed by atoms with Crippen molar-refractivity contribution in [2.45, 2.75) is 26.8 Å². The Bertz CT molecular complexity index is 421. The zero-order valence-corrected chi connectivity index (χ0v) is 12.1. The summed E-state index contributed by atoms with van der Waals surface area (Å²) in [4.78, 5) is 4.58. The van der Waals surface area contributed by atoms with Crippen LogP contribution in [0.1, 0.15) is 25.6 Å². The third kappa shape index (κ3) is 2.84. The van der Waals surface area contributed by atoms with Crippen LogP contribution in [0.4, 0.5) is 11.5 Å². The maximum absolute atomic E-state index is 8.98. The highest BCUT2D eigenvalue weighted by Crippen LogP contribution is 2.29. The Hall–Kier alpha value is -1.27. The Kier molecular flexibility index (Phi) is 4.31. The molecule has 1 aromatic heterocycles. The standard InChI is InChI=1S/C13H25N5O/c1-10(2)18-13(12(14)11(3)15-18)17-6-4-16(5-7-17)8-9-19/h10,19H,4-9,14H2,1-3H3. The van der Waals surface area contributed by atoms with Gasteiger partial charge < -0.3 is 15.7 Å². The highest BCUT2D eigenvalue weighted by Gasteiger charge is 2.24. The summed E-state index contributed by atoms with van der Waals surface area (Å²) in [7, 11) is 0. The highest BCUT2D eigenvalue weighted by molar-refractivity contribution is 5.66. The van der Waals surface area contributed by atoms with Gasteiger partial charge in [0.05, 0.1) is 18.0 Å². The lowest BCUT2D eigenvalue weighted by molar-refractivity contribution is 0.188. The molecule has 6 heteroatoms. The van der Waals surface area contributed by atoms with Crippen LogP contribution in [0.15, 0.2) is 0 Å². The van der Waals surface area contributed by atoms with Gasteiger partial charge in [-0.3, -0.25) is 4.90 Å². The van der Waals surface area contributed by atoms with E-state index in [4.69, 9.17) is 10.8 Å². The Balaban J connectivity index is 2.15. The smallest absolute Gasteiger partial charge is 0.151 e. The van der Waals surface area contributed by atoms with Crippen molar-refractivity contribution in [2.24, 2.45) is 0 Å².